The van der Waals surface area contributed by atoms with E-state index in [9.17, 15) is 25.9 Å². The van der Waals surface area contributed by atoms with Gasteiger partial charge in [-0.2, -0.15) is 16.8 Å². The predicted molar refractivity (Wildman–Crippen MR) is 180 cm³/mol. The molecule has 0 saturated heterocycles. The number of allylic oxidation sites excluding steroid dienone is 3. The lowest BCUT2D eigenvalue weighted by Gasteiger charge is -2.60. The summed E-state index contributed by atoms with van der Waals surface area (Å²) in [5.41, 5.74) is 3.67. The van der Waals surface area contributed by atoms with Crippen molar-refractivity contribution in [2.24, 2.45) is 45.3 Å². The summed E-state index contributed by atoms with van der Waals surface area (Å²) < 4.78 is 74.7. The molecular weight excluding hydrogens is 625 g/mol. The number of rotatable bonds is 9. The maximum atomic E-state index is 11.7. The standard InChI is InChI=1S/C36H54O8S2/c1-24-10-14-31-33(3,4)17-8-19-35(31,6)28(24)16-21-34(5)18-9-20-36(7)29(25(2)11-15-32(34)36)23-26-22-27(43-45(37,38)39)12-13-30(26)44-46(40,41)42/h11-13,22,28-29,31-32H,1,8-10,14-21,23H2,2-7H3,(H,37,38,39)(H,40,41,42)/t28-,29-,31-,32-,34+,35+,36+/m0/s1. The van der Waals surface area contributed by atoms with Crippen molar-refractivity contribution in [3.8, 4) is 11.5 Å². The molecule has 10 heteroatoms. The van der Waals surface area contributed by atoms with Crippen molar-refractivity contribution < 1.29 is 34.3 Å². The fourth-order valence-electron chi connectivity index (χ4n) is 11.2. The van der Waals surface area contributed by atoms with Crippen molar-refractivity contribution in [1.82, 2.24) is 0 Å². The van der Waals surface area contributed by atoms with Gasteiger partial charge in [-0.05, 0) is 135 Å². The molecule has 258 valence electrons. The average molecular weight is 679 g/mol. The Kier molecular flexibility index (Phi) is 9.41. The maximum Gasteiger partial charge on any atom is 0.446 e. The summed E-state index contributed by atoms with van der Waals surface area (Å²) in [6, 6.07) is 3.79. The van der Waals surface area contributed by atoms with Crippen molar-refractivity contribution in [2.75, 3.05) is 0 Å². The second-order valence-electron chi connectivity index (χ2n) is 16.5. The largest absolute Gasteiger partial charge is 0.446 e. The maximum absolute atomic E-state index is 11.7. The number of hydrogen-bond donors (Lipinski definition) is 2. The lowest BCUT2D eigenvalue weighted by molar-refractivity contribution is -0.0748. The van der Waals surface area contributed by atoms with E-state index in [0.717, 1.165) is 50.9 Å². The van der Waals surface area contributed by atoms with Crippen molar-refractivity contribution in [3.63, 3.8) is 0 Å². The van der Waals surface area contributed by atoms with Gasteiger partial charge in [-0.3, -0.25) is 9.11 Å². The first-order valence-corrected chi connectivity index (χ1v) is 19.7. The topological polar surface area (TPSA) is 127 Å². The zero-order chi connectivity index (χ0) is 33.9. The smallest absolute Gasteiger partial charge is 0.362 e. The minimum absolute atomic E-state index is 0.0151. The third-order valence-corrected chi connectivity index (χ3v) is 14.1. The molecular formula is C36H54O8S2. The average Bonchev–Trinajstić information content (AvgIpc) is 2.89. The molecule has 8 nitrogen and oxygen atoms in total. The molecule has 0 aromatic heterocycles. The molecule has 0 unspecified atom stereocenters. The van der Waals surface area contributed by atoms with Gasteiger partial charge in [0.1, 0.15) is 11.5 Å². The molecule has 1 aromatic rings. The van der Waals surface area contributed by atoms with Gasteiger partial charge in [0.25, 0.3) is 0 Å². The summed E-state index contributed by atoms with van der Waals surface area (Å²) in [7, 11) is -9.63. The van der Waals surface area contributed by atoms with E-state index in [2.05, 4.69) is 54.2 Å². The van der Waals surface area contributed by atoms with Crippen molar-refractivity contribution in [2.45, 2.75) is 119 Å². The molecule has 1 aromatic carbocycles. The fourth-order valence-corrected chi connectivity index (χ4v) is 12.0. The van der Waals surface area contributed by atoms with Crippen LogP contribution >= 0.6 is 0 Å². The van der Waals surface area contributed by atoms with E-state index >= 15 is 0 Å². The Hall–Kier alpha value is -1.88. The molecule has 5 rings (SSSR count). The molecule has 4 aliphatic rings. The van der Waals surface area contributed by atoms with Crippen LogP contribution in [0.4, 0.5) is 0 Å². The zero-order valence-electron chi connectivity index (χ0n) is 28.5. The van der Waals surface area contributed by atoms with E-state index in [1.165, 1.54) is 55.0 Å². The fraction of sp³-hybridized carbons (Fsp3) is 0.722. The van der Waals surface area contributed by atoms with E-state index in [1.807, 2.05) is 0 Å². The van der Waals surface area contributed by atoms with Gasteiger partial charge in [-0.25, -0.2) is 0 Å². The van der Waals surface area contributed by atoms with E-state index in [1.54, 1.807) is 0 Å². The highest BCUT2D eigenvalue weighted by Gasteiger charge is 2.56. The Morgan fingerprint density at radius 3 is 2.15 bits per heavy atom. The molecule has 0 bridgehead atoms. The quantitative estimate of drug-likeness (QED) is 0.196. The third-order valence-electron chi connectivity index (χ3n) is 13.3. The summed E-state index contributed by atoms with van der Waals surface area (Å²) in [4.78, 5) is 0. The molecule has 4 aliphatic carbocycles. The van der Waals surface area contributed by atoms with Crippen molar-refractivity contribution >= 4 is 20.8 Å². The van der Waals surface area contributed by atoms with Crippen LogP contribution < -0.4 is 8.37 Å². The summed E-state index contributed by atoms with van der Waals surface area (Å²) >= 11 is 0. The first kappa shape index (κ1) is 35.4. The van der Waals surface area contributed by atoms with Crippen LogP contribution in [-0.2, 0) is 27.2 Å². The van der Waals surface area contributed by atoms with Crippen LogP contribution in [0.1, 0.15) is 118 Å². The summed E-state index contributed by atoms with van der Waals surface area (Å²) in [6.07, 6.45) is 15.5. The number of fused-ring (bicyclic) bond motifs is 2. The van der Waals surface area contributed by atoms with Gasteiger partial charge < -0.3 is 8.37 Å². The molecule has 7 atom stereocenters. The molecule has 2 N–H and O–H groups in total. The molecule has 3 saturated carbocycles. The minimum Gasteiger partial charge on any atom is -0.362 e. The highest BCUT2D eigenvalue weighted by Crippen LogP contribution is 2.65. The van der Waals surface area contributed by atoms with Crippen LogP contribution in [0.25, 0.3) is 0 Å². The molecule has 0 amide bonds. The van der Waals surface area contributed by atoms with E-state index in [4.69, 9.17) is 8.37 Å². The number of hydrogen-bond acceptors (Lipinski definition) is 6. The normalized spacial score (nSPS) is 36.3. The number of benzene rings is 1. The van der Waals surface area contributed by atoms with Crippen LogP contribution in [0.5, 0.6) is 11.5 Å². The van der Waals surface area contributed by atoms with Crippen molar-refractivity contribution in [1.29, 1.82) is 0 Å². The molecule has 46 heavy (non-hydrogen) atoms. The lowest BCUT2D eigenvalue weighted by atomic mass is 9.45. The Balaban J connectivity index is 1.43. The lowest BCUT2D eigenvalue weighted by Crippen LogP contribution is -2.51. The van der Waals surface area contributed by atoms with Crippen LogP contribution in [-0.4, -0.2) is 25.9 Å². The molecule has 0 aliphatic heterocycles. The second kappa shape index (κ2) is 12.2. The Morgan fingerprint density at radius 2 is 1.50 bits per heavy atom. The first-order chi connectivity index (χ1) is 21.2. The summed E-state index contributed by atoms with van der Waals surface area (Å²) in [6.45, 7) is 19.1. The van der Waals surface area contributed by atoms with Crippen molar-refractivity contribution in [3.05, 3.63) is 47.6 Å². The van der Waals surface area contributed by atoms with Gasteiger partial charge in [-0.15, -0.1) is 0 Å². The molecule has 0 heterocycles. The Morgan fingerprint density at radius 1 is 0.870 bits per heavy atom. The SMILES string of the molecule is C=C1CC[C@H]2C(C)(C)CCC[C@]2(C)[C@H]1CC[C@@]1(C)CCC[C@]2(C)[C@@H](Cc3cc(OS(=O)(=O)O)ccc3OS(=O)(=O)O)C(C)=CC[C@@H]12. The first-order valence-electron chi connectivity index (χ1n) is 17.0. The van der Waals surface area contributed by atoms with Crippen LogP contribution in [0.15, 0.2) is 42.0 Å². The molecule has 3 fully saturated rings. The Bertz CT molecular complexity index is 1590. The van der Waals surface area contributed by atoms with Gasteiger partial charge in [0.15, 0.2) is 0 Å². The minimum atomic E-state index is -4.83. The highest BCUT2D eigenvalue weighted by molar-refractivity contribution is 7.81. The van der Waals surface area contributed by atoms with Crippen LogP contribution in [0.2, 0.25) is 0 Å². The van der Waals surface area contributed by atoms with E-state index < -0.39 is 20.8 Å². The summed E-state index contributed by atoms with van der Waals surface area (Å²) in [5.74, 6) is 1.39. The van der Waals surface area contributed by atoms with E-state index in [0.29, 0.717) is 29.2 Å². The van der Waals surface area contributed by atoms with Gasteiger partial charge in [0.2, 0.25) is 0 Å². The predicted octanol–water partition coefficient (Wildman–Crippen LogP) is 8.95. The highest BCUT2D eigenvalue weighted by atomic mass is 32.3. The van der Waals surface area contributed by atoms with Crippen LogP contribution in [0, 0.1) is 45.3 Å². The van der Waals surface area contributed by atoms with Gasteiger partial charge in [0, 0.05) is 5.56 Å². The van der Waals surface area contributed by atoms with Gasteiger partial charge in [0.05, 0.1) is 0 Å². The molecule has 0 radical (unpaired) electrons. The van der Waals surface area contributed by atoms with Gasteiger partial charge >= 0.3 is 20.8 Å². The molecule has 0 spiro atoms. The van der Waals surface area contributed by atoms with Crippen LogP contribution in [0.3, 0.4) is 0 Å². The third kappa shape index (κ3) is 6.96. The Labute approximate surface area is 277 Å². The summed E-state index contributed by atoms with van der Waals surface area (Å²) in [5, 5.41) is 0. The monoisotopic (exact) mass is 678 g/mol. The van der Waals surface area contributed by atoms with Gasteiger partial charge in [-0.1, -0.05) is 71.3 Å². The van der Waals surface area contributed by atoms with E-state index in [-0.39, 0.29) is 33.7 Å². The second-order valence-corrected chi connectivity index (χ2v) is 18.5. The zero-order valence-corrected chi connectivity index (χ0v) is 30.1.